The first-order valence-electron chi connectivity index (χ1n) is 8.68. The minimum absolute atomic E-state index is 0.116. The number of benzene rings is 1. The number of aromatic nitrogens is 3. The van der Waals surface area contributed by atoms with Crippen molar-refractivity contribution in [2.24, 2.45) is 7.05 Å². The largest absolute Gasteiger partial charge is 0.493 e. The van der Waals surface area contributed by atoms with Crippen LogP contribution in [0.3, 0.4) is 0 Å². The van der Waals surface area contributed by atoms with Gasteiger partial charge in [0.25, 0.3) is 14.6 Å². The van der Waals surface area contributed by atoms with E-state index in [1.165, 1.54) is 18.2 Å². The second-order valence-electron chi connectivity index (χ2n) is 6.22. The highest BCUT2D eigenvalue weighted by molar-refractivity contribution is 8.13. The number of fused-ring (bicyclic) bond motifs is 1. The Balaban J connectivity index is 2.35. The van der Waals surface area contributed by atoms with Crippen molar-refractivity contribution in [1.82, 2.24) is 14.5 Å². The van der Waals surface area contributed by atoms with Crippen LogP contribution in [0.2, 0.25) is 5.15 Å². The first-order chi connectivity index (χ1) is 13.2. The Bertz CT molecular complexity index is 1220. The minimum Gasteiger partial charge on any atom is -0.493 e. The first-order valence-corrected chi connectivity index (χ1v) is 11.4. The van der Waals surface area contributed by atoms with Crippen molar-refractivity contribution in [1.29, 1.82) is 0 Å². The van der Waals surface area contributed by atoms with E-state index in [1.807, 2.05) is 6.92 Å². The summed E-state index contributed by atoms with van der Waals surface area (Å²) in [5, 5.41) is 0.453. The lowest BCUT2D eigenvalue weighted by molar-refractivity contribution is 0.341. The fourth-order valence-corrected chi connectivity index (χ4v) is 4.16. The van der Waals surface area contributed by atoms with Crippen molar-refractivity contribution >= 4 is 42.4 Å². The molecule has 0 amide bonds. The number of ether oxygens (including phenoxy) is 1. The van der Waals surface area contributed by atoms with Gasteiger partial charge in [0.1, 0.15) is 27.8 Å². The number of aromatic amines is 1. The second-order valence-corrected chi connectivity index (χ2v) is 9.14. The number of nitrogens with one attached hydrogen (secondary N) is 1. The van der Waals surface area contributed by atoms with E-state index in [9.17, 15) is 13.2 Å². The van der Waals surface area contributed by atoms with Gasteiger partial charge in [0, 0.05) is 23.3 Å². The van der Waals surface area contributed by atoms with Gasteiger partial charge in [-0.3, -0.25) is 4.79 Å². The smallest absolute Gasteiger partial charge is 0.275 e. The van der Waals surface area contributed by atoms with Crippen LogP contribution in [0.25, 0.3) is 22.4 Å². The lowest BCUT2D eigenvalue weighted by Crippen LogP contribution is -2.12. The van der Waals surface area contributed by atoms with Gasteiger partial charge in [-0.05, 0) is 31.5 Å². The molecule has 1 N–H and O–H groups in total. The summed E-state index contributed by atoms with van der Waals surface area (Å²) in [6, 6.07) is 4.17. The molecular formula is C18H19Cl2N3O4S. The molecule has 150 valence electrons. The van der Waals surface area contributed by atoms with E-state index in [0.29, 0.717) is 40.5 Å². The zero-order valence-electron chi connectivity index (χ0n) is 15.5. The van der Waals surface area contributed by atoms with Crippen molar-refractivity contribution in [3.8, 4) is 17.1 Å². The Morgan fingerprint density at radius 1 is 1.29 bits per heavy atom. The third-order valence-corrected chi connectivity index (χ3v) is 6.18. The molecule has 28 heavy (non-hydrogen) atoms. The molecule has 2 aromatic heterocycles. The Morgan fingerprint density at radius 2 is 2.00 bits per heavy atom. The summed E-state index contributed by atoms with van der Waals surface area (Å²) < 4.78 is 30.7. The topological polar surface area (TPSA) is 94.1 Å². The fourth-order valence-electron chi connectivity index (χ4n) is 3.11. The Kier molecular flexibility index (Phi) is 5.74. The molecule has 0 spiro atoms. The summed E-state index contributed by atoms with van der Waals surface area (Å²) in [6.45, 7) is 4.15. The molecule has 0 aliphatic carbocycles. The van der Waals surface area contributed by atoms with Gasteiger partial charge in [-0.25, -0.2) is 13.4 Å². The van der Waals surface area contributed by atoms with E-state index >= 15 is 0 Å². The van der Waals surface area contributed by atoms with Crippen LogP contribution in [0, 0.1) is 0 Å². The standard InChI is InChI=1S/C18H19Cl2N3O4S/c1-4-6-11-14-15(23(3)16(11)19)18(24)22-17(21-14)12-9-10(28(20,25)26)7-8-13(12)27-5-2/h7-9H,4-6H2,1-3H3,(H,21,22,24). The summed E-state index contributed by atoms with van der Waals surface area (Å²) in [7, 11) is 3.22. The van der Waals surface area contributed by atoms with Gasteiger partial charge in [-0.1, -0.05) is 24.9 Å². The quantitative estimate of drug-likeness (QED) is 0.583. The predicted molar refractivity (Wildman–Crippen MR) is 110 cm³/mol. The SMILES string of the molecule is CCCc1c(Cl)n(C)c2c(=O)[nH]c(-c3cc(S(=O)(=O)Cl)ccc3OCC)nc12. The van der Waals surface area contributed by atoms with Crippen LogP contribution >= 0.6 is 22.3 Å². The van der Waals surface area contributed by atoms with Gasteiger partial charge < -0.3 is 14.3 Å². The molecule has 0 fully saturated rings. The molecule has 2 heterocycles. The molecule has 0 bridgehead atoms. The molecule has 0 saturated carbocycles. The number of H-pyrrole nitrogens is 1. The zero-order chi connectivity index (χ0) is 20.6. The predicted octanol–water partition coefficient (Wildman–Crippen LogP) is 3.86. The van der Waals surface area contributed by atoms with Gasteiger partial charge in [0.2, 0.25) is 0 Å². The number of nitrogens with zero attached hydrogens (tertiary/aromatic N) is 2. The number of rotatable bonds is 6. The Morgan fingerprint density at radius 3 is 2.61 bits per heavy atom. The Hall–Kier alpha value is -2.03. The van der Waals surface area contributed by atoms with Crippen LogP contribution in [0.1, 0.15) is 25.8 Å². The van der Waals surface area contributed by atoms with Crippen LogP contribution < -0.4 is 10.3 Å². The first kappa shape index (κ1) is 20.7. The molecule has 10 heteroatoms. The number of hydrogen-bond acceptors (Lipinski definition) is 5. The average molecular weight is 444 g/mol. The van der Waals surface area contributed by atoms with Crippen LogP contribution in [-0.2, 0) is 22.5 Å². The van der Waals surface area contributed by atoms with E-state index < -0.39 is 9.05 Å². The molecule has 0 radical (unpaired) electrons. The molecule has 3 rings (SSSR count). The number of aryl methyl sites for hydroxylation is 2. The fraction of sp³-hybridized carbons (Fsp3) is 0.333. The maximum Gasteiger partial charge on any atom is 0.275 e. The van der Waals surface area contributed by atoms with Gasteiger partial charge in [0.15, 0.2) is 0 Å². The van der Waals surface area contributed by atoms with Gasteiger partial charge in [-0.2, -0.15) is 0 Å². The molecule has 0 aliphatic heterocycles. The normalized spacial score (nSPS) is 11.9. The zero-order valence-corrected chi connectivity index (χ0v) is 17.9. The number of halogens is 2. The average Bonchev–Trinajstić information content (AvgIpc) is 2.87. The van der Waals surface area contributed by atoms with E-state index in [1.54, 1.807) is 18.5 Å². The monoisotopic (exact) mass is 443 g/mol. The molecule has 0 aliphatic rings. The summed E-state index contributed by atoms with van der Waals surface area (Å²) in [6.07, 6.45) is 1.48. The van der Waals surface area contributed by atoms with E-state index in [-0.39, 0.29) is 16.3 Å². The summed E-state index contributed by atoms with van der Waals surface area (Å²) >= 11 is 6.40. The van der Waals surface area contributed by atoms with E-state index in [0.717, 1.165) is 12.0 Å². The van der Waals surface area contributed by atoms with Crippen LogP contribution in [-0.4, -0.2) is 29.6 Å². The van der Waals surface area contributed by atoms with Crippen molar-refractivity contribution in [3.63, 3.8) is 0 Å². The van der Waals surface area contributed by atoms with Crippen molar-refractivity contribution in [2.75, 3.05) is 6.61 Å². The summed E-state index contributed by atoms with van der Waals surface area (Å²) in [5.41, 5.74) is 1.55. The van der Waals surface area contributed by atoms with Crippen molar-refractivity contribution in [2.45, 2.75) is 31.6 Å². The molecular weight excluding hydrogens is 425 g/mol. The third-order valence-electron chi connectivity index (χ3n) is 4.35. The van der Waals surface area contributed by atoms with Crippen LogP contribution in [0.4, 0.5) is 0 Å². The van der Waals surface area contributed by atoms with Gasteiger partial charge in [-0.15, -0.1) is 0 Å². The van der Waals surface area contributed by atoms with Crippen molar-refractivity contribution < 1.29 is 13.2 Å². The van der Waals surface area contributed by atoms with Crippen molar-refractivity contribution in [3.05, 3.63) is 39.3 Å². The lowest BCUT2D eigenvalue weighted by Gasteiger charge is -2.11. The van der Waals surface area contributed by atoms with E-state index in [2.05, 4.69) is 9.97 Å². The van der Waals surface area contributed by atoms with Crippen LogP contribution in [0.5, 0.6) is 5.75 Å². The van der Waals surface area contributed by atoms with Crippen LogP contribution in [0.15, 0.2) is 27.9 Å². The summed E-state index contributed by atoms with van der Waals surface area (Å²) in [5.74, 6) is 0.566. The molecule has 0 unspecified atom stereocenters. The molecule has 0 saturated heterocycles. The molecule has 7 nitrogen and oxygen atoms in total. The lowest BCUT2D eigenvalue weighted by atomic mass is 10.1. The summed E-state index contributed by atoms with van der Waals surface area (Å²) in [4.78, 5) is 19.9. The maximum absolute atomic E-state index is 12.8. The minimum atomic E-state index is -3.97. The van der Waals surface area contributed by atoms with Gasteiger partial charge in [0.05, 0.1) is 17.1 Å². The second kappa shape index (κ2) is 7.77. The molecule has 1 aromatic carbocycles. The molecule has 0 atom stereocenters. The Labute approximate surface area is 171 Å². The highest BCUT2D eigenvalue weighted by Gasteiger charge is 2.21. The number of hydrogen-bond donors (Lipinski definition) is 1. The third kappa shape index (κ3) is 3.64. The van der Waals surface area contributed by atoms with Gasteiger partial charge >= 0.3 is 0 Å². The molecule has 3 aromatic rings. The highest BCUT2D eigenvalue weighted by Crippen LogP contribution is 2.33. The van der Waals surface area contributed by atoms with E-state index in [4.69, 9.17) is 27.0 Å². The highest BCUT2D eigenvalue weighted by atomic mass is 35.7. The maximum atomic E-state index is 12.8.